The van der Waals surface area contributed by atoms with E-state index in [4.69, 9.17) is 11.6 Å². The van der Waals surface area contributed by atoms with Crippen molar-refractivity contribution >= 4 is 34.1 Å². The van der Waals surface area contributed by atoms with Crippen molar-refractivity contribution in [3.05, 3.63) is 53.2 Å². The van der Waals surface area contributed by atoms with E-state index in [9.17, 15) is 4.79 Å². The molecule has 0 aliphatic carbocycles. The van der Waals surface area contributed by atoms with Gasteiger partial charge < -0.3 is 9.88 Å². The summed E-state index contributed by atoms with van der Waals surface area (Å²) >= 11 is 6.39. The molecule has 0 saturated heterocycles. The largest absolute Gasteiger partial charge is 0.351 e. The maximum absolute atomic E-state index is 11.5. The number of amides is 1. The zero-order valence-corrected chi connectivity index (χ0v) is 12.2. The third kappa shape index (κ3) is 1.93. The average molecular weight is 297 g/mol. The Labute approximate surface area is 127 Å². The van der Waals surface area contributed by atoms with Crippen molar-refractivity contribution in [1.82, 2.24) is 4.57 Å². The maximum Gasteiger partial charge on any atom is 0.228 e. The lowest BCUT2D eigenvalue weighted by Crippen LogP contribution is -2.03. The molecule has 0 bridgehead atoms. The molecule has 1 aromatic heterocycles. The lowest BCUT2D eigenvalue weighted by atomic mass is 10.0. The third-order valence-electron chi connectivity index (χ3n) is 4.01. The molecule has 0 fully saturated rings. The van der Waals surface area contributed by atoms with Crippen LogP contribution in [0.25, 0.3) is 22.0 Å². The van der Waals surface area contributed by atoms with Crippen LogP contribution in [0.5, 0.6) is 0 Å². The van der Waals surface area contributed by atoms with Gasteiger partial charge in [-0.3, -0.25) is 4.79 Å². The van der Waals surface area contributed by atoms with E-state index < -0.39 is 0 Å². The van der Waals surface area contributed by atoms with Gasteiger partial charge in [0.05, 0.1) is 11.4 Å². The van der Waals surface area contributed by atoms with Crippen molar-refractivity contribution in [3.63, 3.8) is 0 Å². The third-order valence-corrected chi connectivity index (χ3v) is 4.33. The first kappa shape index (κ1) is 12.5. The van der Waals surface area contributed by atoms with Gasteiger partial charge in [0.1, 0.15) is 0 Å². The van der Waals surface area contributed by atoms with Gasteiger partial charge >= 0.3 is 0 Å². The number of aryl methyl sites for hydroxylation is 1. The Morgan fingerprint density at radius 2 is 2.05 bits per heavy atom. The smallest absolute Gasteiger partial charge is 0.228 e. The standard InChI is InChI=1S/C17H13ClN2O/c1-20-5-4-11-6-10(2-3-16(11)20)13-7-12-8-17(21)19-15(12)9-14(13)18/h2-7,9H,8H2,1H3,(H,19,21). The Morgan fingerprint density at radius 1 is 1.19 bits per heavy atom. The lowest BCUT2D eigenvalue weighted by molar-refractivity contribution is -0.115. The molecule has 0 spiro atoms. The van der Waals surface area contributed by atoms with E-state index in [0.29, 0.717) is 11.4 Å². The van der Waals surface area contributed by atoms with Crippen molar-refractivity contribution in [1.29, 1.82) is 0 Å². The lowest BCUT2D eigenvalue weighted by Gasteiger charge is -2.08. The van der Waals surface area contributed by atoms with Crippen LogP contribution in [0, 0.1) is 0 Å². The summed E-state index contributed by atoms with van der Waals surface area (Å²) in [6.45, 7) is 0. The van der Waals surface area contributed by atoms with Gasteiger partial charge in [-0.1, -0.05) is 17.7 Å². The van der Waals surface area contributed by atoms with Crippen LogP contribution in [0.15, 0.2) is 42.6 Å². The molecular formula is C17H13ClN2O. The monoisotopic (exact) mass is 296 g/mol. The zero-order chi connectivity index (χ0) is 14.6. The van der Waals surface area contributed by atoms with Crippen molar-refractivity contribution in [2.45, 2.75) is 6.42 Å². The highest BCUT2D eigenvalue weighted by molar-refractivity contribution is 6.34. The van der Waals surface area contributed by atoms with Gasteiger partial charge in [0.25, 0.3) is 0 Å². The van der Waals surface area contributed by atoms with E-state index in [2.05, 4.69) is 34.1 Å². The number of halogens is 1. The highest BCUT2D eigenvalue weighted by atomic mass is 35.5. The number of anilines is 1. The number of aromatic nitrogens is 1. The fraction of sp³-hybridized carbons (Fsp3) is 0.118. The average Bonchev–Trinajstić information content (AvgIpc) is 3.00. The summed E-state index contributed by atoms with van der Waals surface area (Å²) in [6.07, 6.45) is 2.47. The summed E-state index contributed by atoms with van der Waals surface area (Å²) in [7, 11) is 2.03. The van der Waals surface area contributed by atoms with E-state index in [0.717, 1.165) is 22.4 Å². The summed E-state index contributed by atoms with van der Waals surface area (Å²) in [5, 5.41) is 4.66. The Hall–Kier alpha value is -2.26. The number of hydrogen-bond acceptors (Lipinski definition) is 1. The van der Waals surface area contributed by atoms with Gasteiger partial charge in [-0.2, -0.15) is 0 Å². The van der Waals surface area contributed by atoms with Crippen LogP contribution in [0.2, 0.25) is 5.02 Å². The number of hydrogen-bond donors (Lipinski definition) is 1. The molecular weight excluding hydrogens is 284 g/mol. The van der Waals surface area contributed by atoms with Crippen molar-refractivity contribution in [3.8, 4) is 11.1 Å². The molecule has 1 aliphatic heterocycles. The topological polar surface area (TPSA) is 34.0 Å². The molecule has 21 heavy (non-hydrogen) atoms. The molecule has 3 aromatic rings. The molecule has 0 atom stereocenters. The molecule has 1 N–H and O–H groups in total. The van der Waals surface area contributed by atoms with Crippen molar-refractivity contribution in [2.75, 3.05) is 5.32 Å². The number of benzene rings is 2. The predicted octanol–water partition coefficient (Wildman–Crippen LogP) is 3.99. The first-order chi connectivity index (χ1) is 10.1. The van der Waals surface area contributed by atoms with Gasteiger partial charge in [0, 0.05) is 35.4 Å². The van der Waals surface area contributed by atoms with Gasteiger partial charge in [-0.05, 0) is 41.5 Å². The molecule has 0 unspecified atom stereocenters. The van der Waals surface area contributed by atoms with Gasteiger partial charge in [-0.15, -0.1) is 0 Å². The van der Waals surface area contributed by atoms with E-state index in [1.165, 1.54) is 10.9 Å². The Balaban J connectivity index is 1.88. The van der Waals surface area contributed by atoms with E-state index in [1.54, 1.807) is 0 Å². The molecule has 1 amide bonds. The summed E-state index contributed by atoms with van der Waals surface area (Å²) in [6, 6.07) is 12.2. The highest BCUT2D eigenvalue weighted by Gasteiger charge is 2.20. The van der Waals surface area contributed by atoms with E-state index >= 15 is 0 Å². The number of fused-ring (bicyclic) bond motifs is 2. The number of nitrogens with one attached hydrogen (secondary N) is 1. The second-order valence-corrected chi connectivity index (χ2v) is 5.82. The summed E-state index contributed by atoms with van der Waals surface area (Å²) in [4.78, 5) is 11.5. The maximum atomic E-state index is 11.5. The molecule has 104 valence electrons. The first-order valence-corrected chi connectivity index (χ1v) is 7.17. The van der Waals surface area contributed by atoms with Crippen LogP contribution < -0.4 is 5.32 Å². The number of rotatable bonds is 1. The number of carbonyl (C=O) groups excluding carboxylic acids is 1. The number of carbonyl (C=O) groups is 1. The Kier molecular flexibility index (Phi) is 2.59. The SMILES string of the molecule is Cn1ccc2cc(-c3cc4c(cc3Cl)NC(=O)C4)ccc21. The predicted molar refractivity (Wildman–Crippen MR) is 85.7 cm³/mol. The molecule has 0 saturated carbocycles. The molecule has 4 rings (SSSR count). The van der Waals surface area contributed by atoms with E-state index in [1.807, 2.05) is 25.4 Å². The minimum Gasteiger partial charge on any atom is -0.351 e. The summed E-state index contributed by atoms with van der Waals surface area (Å²) in [5.41, 5.74) is 5.06. The molecule has 2 heterocycles. The minimum absolute atomic E-state index is 0.0247. The van der Waals surface area contributed by atoms with Gasteiger partial charge in [0.15, 0.2) is 0 Å². The summed E-state index contributed by atoms with van der Waals surface area (Å²) < 4.78 is 2.09. The van der Waals surface area contributed by atoms with E-state index in [-0.39, 0.29) is 5.91 Å². The minimum atomic E-state index is 0.0247. The quantitative estimate of drug-likeness (QED) is 0.724. The normalized spacial score (nSPS) is 13.5. The van der Waals surface area contributed by atoms with Crippen LogP contribution in [-0.4, -0.2) is 10.5 Å². The van der Waals surface area contributed by atoms with Crippen LogP contribution in [0.3, 0.4) is 0 Å². The highest BCUT2D eigenvalue weighted by Crippen LogP contribution is 2.36. The van der Waals surface area contributed by atoms with Crippen LogP contribution in [0.4, 0.5) is 5.69 Å². The van der Waals surface area contributed by atoms with Crippen LogP contribution in [-0.2, 0) is 18.3 Å². The second kappa shape index (κ2) is 4.37. The Morgan fingerprint density at radius 3 is 2.90 bits per heavy atom. The fourth-order valence-corrected chi connectivity index (χ4v) is 3.19. The molecule has 0 radical (unpaired) electrons. The van der Waals surface area contributed by atoms with Crippen LogP contribution >= 0.6 is 11.6 Å². The van der Waals surface area contributed by atoms with Gasteiger partial charge in [0.2, 0.25) is 5.91 Å². The van der Waals surface area contributed by atoms with Crippen LogP contribution in [0.1, 0.15) is 5.56 Å². The fourth-order valence-electron chi connectivity index (χ4n) is 2.92. The molecule has 2 aromatic carbocycles. The van der Waals surface area contributed by atoms with Crippen molar-refractivity contribution < 1.29 is 4.79 Å². The number of nitrogens with zero attached hydrogens (tertiary/aromatic N) is 1. The molecule has 3 nitrogen and oxygen atoms in total. The zero-order valence-electron chi connectivity index (χ0n) is 11.5. The first-order valence-electron chi connectivity index (χ1n) is 6.79. The second-order valence-electron chi connectivity index (χ2n) is 5.41. The summed E-state index contributed by atoms with van der Waals surface area (Å²) in [5.74, 6) is 0.0247. The van der Waals surface area contributed by atoms with Crippen molar-refractivity contribution in [2.24, 2.45) is 7.05 Å². The molecule has 4 heteroatoms. The molecule has 1 aliphatic rings. The Bertz CT molecular complexity index is 895. The van der Waals surface area contributed by atoms with Gasteiger partial charge in [-0.25, -0.2) is 0 Å².